The van der Waals surface area contributed by atoms with E-state index in [9.17, 15) is 13.2 Å². The molecule has 0 atom stereocenters. The first kappa shape index (κ1) is 20.0. The lowest BCUT2D eigenvalue weighted by molar-refractivity contribution is -0.122. The van der Waals surface area contributed by atoms with Crippen LogP contribution in [-0.2, 0) is 21.2 Å². The molecule has 10 heteroatoms. The number of piperazine rings is 1. The Morgan fingerprint density at radius 2 is 2.03 bits per heavy atom. The predicted octanol–water partition coefficient (Wildman–Crippen LogP) is 1.29. The maximum absolute atomic E-state index is 13.0. The van der Waals surface area contributed by atoms with E-state index in [1.54, 1.807) is 29.7 Å². The second-order valence-corrected chi connectivity index (χ2v) is 9.85. The molecule has 0 aromatic carbocycles. The minimum absolute atomic E-state index is 0.0273. The van der Waals surface area contributed by atoms with Crippen LogP contribution in [0.1, 0.15) is 4.88 Å². The molecule has 0 radical (unpaired) electrons. The average molecular weight is 434 g/mol. The van der Waals surface area contributed by atoms with Crippen molar-refractivity contribution in [3.05, 3.63) is 46.9 Å². The van der Waals surface area contributed by atoms with Gasteiger partial charge in [-0.15, -0.1) is 11.3 Å². The maximum atomic E-state index is 13.0. The summed E-state index contributed by atoms with van der Waals surface area (Å²) in [7, 11) is -3.60. The first-order chi connectivity index (χ1) is 14.0. The van der Waals surface area contributed by atoms with Gasteiger partial charge in [0.15, 0.2) is 0 Å². The molecule has 1 saturated heterocycles. The van der Waals surface area contributed by atoms with Crippen LogP contribution in [0.2, 0.25) is 0 Å². The molecule has 2 N–H and O–H groups in total. The summed E-state index contributed by atoms with van der Waals surface area (Å²) in [5.74, 6) is -0.0273. The Balaban J connectivity index is 1.29. The van der Waals surface area contributed by atoms with Crippen LogP contribution in [-0.4, -0.2) is 72.8 Å². The smallest absolute Gasteiger partial charge is 0.245 e. The van der Waals surface area contributed by atoms with E-state index in [1.165, 1.54) is 15.4 Å². The molecule has 0 unspecified atom stereocenters. The summed E-state index contributed by atoms with van der Waals surface area (Å²) in [4.78, 5) is 22.7. The predicted molar refractivity (Wildman–Crippen MR) is 112 cm³/mol. The van der Waals surface area contributed by atoms with Gasteiger partial charge in [0.2, 0.25) is 15.9 Å². The highest BCUT2D eigenvalue weighted by atomic mass is 32.2. The molecule has 3 aromatic rings. The lowest BCUT2D eigenvalue weighted by Crippen LogP contribution is -2.51. The number of amides is 1. The maximum Gasteiger partial charge on any atom is 0.245 e. The number of pyridine rings is 1. The monoisotopic (exact) mass is 433 g/mol. The van der Waals surface area contributed by atoms with E-state index in [2.05, 4.69) is 21.4 Å². The van der Waals surface area contributed by atoms with Crippen LogP contribution in [0, 0.1) is 0 Å². The fourth-order valence-electron chi connectivity index (χ4n) is 3.45. The number of carbonyl (C=O) groups is 1. The van der Waals surface area contributed by atoms with Gasteiger partial charge < -0.3 is 10.3 Å². The SMILES string of the molecule is O=C(CN1CCN(S(=O)(=O)c2c[nH]c3ncccc23)CC1)NCCc1cccs1. The topological polar surface area (TPSA) is 98.4 Å². The van der Waals surface area contributed by atoms with Gasteiger partial charge >= 0.3 is 0 Å². The van der Waals surface area contributed by atoms with Crippen LogP contribution in [0.3, 0.4) is 0 Å². The summed E-state index contributed by atoms with van der Waals surface area (Å²) in [6.45, 7) is 2.67. The van der Waals surface area contributed by atoms with Gasteiger partial charge in [-0.1, -0.05) is 6.07 Å². The number of nitrogens with zero attached hydrogens (tertiary/aromatic N) is 3. The highest BCUT2D eigenvalue weighted by molar-refractivity contribution is 7.89. The first-order valence-corrected chi connectivity index (χ1v) is 11.8. The fourth-order valence-corrected chi connectivity index (χ4v) is 5.73. The van der Waals surface area contributed by atoms with E-state index in [-0.39, 0.29) is 17.3 Å². The Bertz CT molecular complexity index is 1070. The van der Waals surface area contributed by atoms with Crippen molar-refractivity contribution in [3.63, 3.8) is 0 Å². The number of hydrogen-bond acceptors (Lipinski definition) is 6. The molecule has 1 fully saturated rings. The number of rotatable bonds is 7. The van der Waals surface area contributed by atoms with Gasteiger partial charge in [0, 0.05) is 55.4 Å². The number of aromatic amines is 1. The average Bonchev–Trinajstić information content (AvgIpc) is 3.38. The molecule has 0 spiro atoms. The Morgan fingerprint density at radius 3 is 2.79 bits per heavy atom. The summed E-state index contributed by atoms with van der Waals surface area (Å²) in [6.07, 6.45) is 3.95. The van der Waals surface area contributed by atoms with Gasteiger partial charge in [0.05, 0.1) is 6.54 Å². The largest absolute Gasteiger partial charge is 0.355 e. The minimum atomic E-state index is -3.60. The number of nitrogens with one attached hydrogen (secondary N) is 2. The second kappa shape index (κ2) is 8.62. The Kier molecular flexibility index (Phi) is 5.95. The molecular formula is C19H23N5O3S2. The van der Waals surface area contributed by atoms with Crippen molar-refractivity contribution < 1.29 is 13.2 Å². The number of hydrogen-bond donors (Lipinski definition) is 2. The van der Waals surface area contributed by atoms with E-state index in [1.807, 2.05) is 16.3 Å². The summed E-state index contributed by atoms with van der Waals surface area (Å²) in [5.41, 5.74) is 0.559. The van der Waals surface area contributed by atoms with Gasteiger partial charge in [-0.2, -0.15) is 4.31 Å². The lowest BCUT2D eigenvalue weighted by atomic mass is 10.3. The van der Waals surface area contributed by atoms with Gasteiger partial charge in [-0.3, -0.25) is 9.69 Å². The van der Waals surface area contributed by atoms with Gasteiger partial charge in [0.1, 0.15) is 10.5 Å². The lowest BCUT2D eigenvalue weighted by Gasteiger charge is -2.33. The molecule has 0 saturated carbocycles. The third-order valence-corrected chi connectivity index (χ3v) is 7.88. The summed E-state index contributed by atoms with van der Waals surface area (Å²) >= 11 is 1.68. The van der Waals surface area contributed by atoms with Crippen molar-refractivity contribution in [2.24, 2.45) is 0 Å². The molecule has 0 aliphatic carbocycles. The minimum Gasteiger partial charge on any atom is -0.355 e. The Hall–Kier alpha value is -2.27. The Labute approximate surface area is 173 Å². The van der Waals surface area contributed by atoms with Crippen LogP contribution in [0.25, 0.3) is 11.0 Å². The van der Waals surface area contributed by atoms with Crippen LogP contribution in [0.4, 0.5) is 0 Å². The van der Waals surface area contributed by atoms with E-state index >= 15 is 0 Å². The van der Waals surface area contributed by atoms with Crippen LogP contribution in [0.5, 0.6) is 0 Å². The molecule has 1 amide bonds. The number of carbonyl (C=O) groups excluding carboxylic acids is 1. The number of fused-ring (bicyclic) bond motifs is 1. The van der Waals surface area contributed by atoms with Gasteiger partial charge in [-0.25, -0.2) is 13.4 Å². The van der Waals surface area contributed by atoms with Crippen LogP contribution >= 0.6 is 11.3 Å². The standard InChI is InChI=1S/C19H23N5O3S2/c25-18(20-7-5-15-3-2-12-28-15)14-23-8-10-24(11-9-23)29(26,27)17-13-22-19-16(17)4-1-6-21-19/h1-4,6,12-13H,5,7-11,14H2,(H,20,25)(H,21,22). The van der Waals surface area contributed by atoms with Crippen molar-refractivity contribution in [1.29, 1.82) is 0 Å². The first-order valence-electron chi connectivity index (χ1n) is 9.48. The molecule has 8 nitrogen and oxygen atoms in total. The van der Waals surface area contributed by atoms with Crippen molar-refractivity contribution in [2.75, 3.05) is 39.3 Å². The molecular weight excluding hydrogens is 410 g/mol. The summed E-state index contributed by atoms with van der Waals surface area (Å²) in [5, 5.41) is 5.56. The third kappa shape index (κ3) is 4.50. The molecule has 4 rings (SSSR count). The zero-order valence-electron chi connectivity index (χ0n) is 15.9. The number of aromatic nitrogens is 2. The summed E-state index contributed by atoms with van der Waals surface area (Å²) in [6, 6.07) is 7.54. The zero-order valence-corrected chi connectivity index (χ0v) is 17.5. The second-order valence-electron chi connectivity index (χ2n) is 6.91. The highest BCUT2D eigenvalue weighted by Gasteiger charge is 2.31. The van der Waals surface area contributed by atoms with Crippen molar-refractivity contribution in [1.82, 2.24) is 24.5 Å². The van der Waals surface area contributed by atoms with E-state index < -0.39 is 10.0 Å². The molecule has 154 valence electrons. The molecule has 29 heavy (non-hydrogen) atoms. The number of H-pyrrole nitrogens is 1. The molecule has 1 aliphatic rings. The number of thiophene rings is 1. The Morgan fingerprint density at radius 1 is 1.21 bits per heavy atom. The van der Waals surface area contributed by atoms with Crippen molar-refractivity contribution in [3.8, 4) is 0 Å². The molecule has 4 heterocycles. The van der Waals surface area contributed by atoms with E-state index in [0.717, 1.165) is 6.42 Å². The molecule has 0 bridgehead atoms. The molecule has 3 aromatic heterocycles. The van der Waals surface area contributed by atoms with Crippen LogP contribution < -0.4 is 5.32 Å². The summed E-state index contributed by atoms with van der Waals surface area (Å²) < 4.78 is 27.5. The quantitative estimate of drug-likeness (QED) is 0.585. The third-order valence-electron chi connectivity index (χ3n) is 5.00. The van der Waals surface area contributed by atoms with Gasteiger partial charge in [0.25, 0.3) is 0 Å². The molecule has 1 aliphatic heterocycles. The van der Waals surface area contributed by atoms with E-state index in [4.69, 9.17) is 0 Å². The van der Waals surface area contributed by atoms with Gasteiger partial charge in [-0.05, 0) is 30.0 Å². The van der Waals surface area contributed by atoms with Crippen molar-refractivity contribution in [2.45, 2.75) is 11.3 Å². The fraction of sp³-hybridized carbons (Fsp3) is 0.368. The van der Waals surface area contributed by atoms with E-state index in [0.29, 0.717) is 43.8 Å². The van der Waals surface area contributed by atoms with Crippen molar-refractivity contribution >= 4 is 38.3 Å². The highest BCUT2D eigenvalue weighted by Crippen LogP contribution is 2.25. The number of sulfonamides is 1. The normalized spacial score (nSPS) is 16.3. The van der Waals surface area contributed by atoms with Crippen LogP contribution in [0.15, 0.2) is 46.9 Å². The zero-order chi connectivity index (χ0) is 20.3.